The van der Waals surface area contributed by atoms with E-state index < -0.39 is 5.97 Å². The molecular weight excluding hydrogens is 228 g/mol. The topological polar surface area (TPSA) is 46.5 Å². The van der Waals surface area contributed by atoms with Crippen LogP contribution in [-0.4, -0.2) is 17.7 Å². The van der Waals surface area contributed by atoms with Crippen molar-refractivity contribution in [2.45, 2.75) is 39.5 Å². The number of carbonyl (C=O) groups is 1. The molecule has 1 N–H and O–H groups in total. The first-order chi connectivity index (χ1) is 8.50. The molecule has 0 radical (unpaired) electrons. The van der Waals surface area contributed by atoms with Crippen LogP contribution in [0.15, 0.2) is 24.3 Å². The van der Waals surface area contributed by atoms with Gasteiger partial charge in [-0.15, -0.1) is 0 Å². The van der Waals surface area contributed by atoms with E-state index in [1.165, 1.54) is 0 Å². The number of ether oxygens (including phenoxy) is 1. The van der Waals surface area contributed by atoms with Crippen molar-refractivity contribution in [3.8, 4) is 5.75 Å². The molecule has 0 saturated heterocycles. The van der Waals surface area contributed by atoms with Gasteiger partial charge in [-0.25, -0.2) is 0 Å². The number of hydrogen-bond acceptors (Lipinski definition) is 2. The summed E-state index contributed by atoms with van der Waals surface area (Å²) in [6, 6.07) is 7.88. The van der Waals surface area contributed by atoms with Crippen LogP contribution in [0.1, 0.15) is 45.1 Å². The fourth-order valence-corrected chi connectivity index (χ4v) is 1.77. The Morgan fingerprint density at radius 2 is 1.94 bits per heavy atom. The fraction of sp³-hybridized carbons (Fsp3) is 0.533. The second-order valence-electron chi connectivity index (χ2n) is 5.08. The average Bonchev–Trinajstić information content (AvgIpc) is 2.33. The van der Waals surface area contributed by atoms with E-state index in [2.05, 4.69) is 13.8 Å². The first-order valence-electron chi connectivity index (χ1n) is 6.44. The second-order valence-corrected chi connectivity index (χ2v) is 5.08. The minimum Gasteiger partial charge on any atom is -0.493 e. The van der Waals surface area contributed by atoms with Gasteiger partial charge < -0.3 is 9.84 Å². The molecular formula is C15H22O3. The zero-order valence-corrected chi connectivity index (χ0v) is 11.3. The highest BCUT2D eigenvalue weighted by Crippen LogP contribution is 2.29. The van der Waals surface area contributed by atoms with Gasteiger partial charge >= 0.3 is 5.97 Å². The average molecular weight is 250 g/mol. The third kappa shape index (κ3) is 4.78. The van der Waals surface area contributed by atoms with Crippen LogP contribution in [0.5, 0.6) is 5.75 Å². The van der Waals surface area contributed by atoms with Gasteiger partial charge in [0.1, 0.15) is 5.75 Å². The second kappa shape index (κ2) is 7.04. The molecule has 3 heteroatoms. The van der Waals surface area contributed by atoms with E-state index in [1.54, 1.807) is 0 Å². The van der Waals surface area contributed by atoms with Crippen molar-refractivity contribution >= 4 is 5.97 Å². The van der Waals surface area contributed by atoms with Gasteiger partial charge in [0.25, 0.3) is 0 Å². The van der Waals surface area contributed by atoms with Gasteiger partial charge in [0.2, 0.25) is 0 Å². The monoisotopic (exact) mass is 250 g/mol. The van der Waals surface area contributed by atoms with Crippen LogP contribution < -0.4 is 4.74 Å². The van der Waals surface area contributed by atoms with Gasteiger partial charge in [-0.3, -0.25) is 4.79 Å². The lowest BCUT2D eigenvalue weighted by Gasteiger charge is -2.17. The Morgan fingerprint density at radius 3 is 2.56 bits per heavy atom. The summed E-state index contributed by atoms with van der Waals surface area (Å²) in [7, 11) is 0. The highest BCUT2D eigenvalue weighted by molar-refractivity contribution is 5.66. The largest absolute Gasteiger partial charge is 0.493 e. The van der Waals surface area contributed by atoms with Crippen molar-refractivity contribution in [3.05, 3.63) is 29.8 Å². The number of benzene rings is 1. The minimum absolute atomic E-state index is 0.194. The van der Waals surface area contributed by atoms with E-state index in [0.29, 0.717) is 18.9 Å². The molecule has 0 saturated carbocycles. The maximum atomic E-state index is 10.6. The van der Waals surface area contributed by atoms with Crippen molar-refractivity contribution in [2.24, 2.45) is 5.92 Å². The van der Waals surface area contributed by atoms with Crippen LogP contribution in [0.3, 0.4) is 0 Å². The number of carboxylic acid groups (broad SMARTS) is 1. The van der Waals surface area contributed by atoms with Gasteiger partial charge in [-0.1, -0.05) is 39.0 Å². The van der Waals surface area contributed by atoms with Gasteiger partial charge in [-0.05, 0) is 29.9 Å². The minimum atomic E-state index is -0.748. The zero-order valence-electron chi connectivity index (χ0n) is 11.3. The molecule has 0 aromatic heterocycles. The third-order valence-corrected chi connectivity index (χ3v) is 2.81. The predicted octanol–water partition coefficient (Wildman–Crippen LogP) is 3.69. The molecule has 0 aliphatic heterocycles. The molecule has 1 rings (SSSR count). The van der Waals surface area contributed by atoms with Gasteiger partial charge in [0.15, 0.2) is 0 Å². The van der Waals surface area contributed by atoms with Crippen molar-refractivity contribution < 1.29 is 14.6 Å². The van der Waals surface area contributed by atoms with E-state index in [9.17, 15) is 4.79 Å². The van der Waals surface area contributed by atoms with Gasteiger partial charge in [0.05, 0.1) is 6.61 Å². The van der Waals surface area contributed by atoms with Crippen molar-refractivity contribution in [1.29, 1.82) is 0 Å². The maximum absolute atomic E-state index is 10.6. The standard InChI is InChI=1S/C15H22O3/c1-11(2)10-18-14-7-5-4-6-13(14)12(3)8-9-15(16)17/h4-7,11-12H,8-10H2,1-3H3,(H,16,17). The summed E-state index contributed by atoms with van der Waals surface area (Å²) < 4.78 is 5.78. The Bertz CT molecular complexity index is 385. The molecule has 1 unspecified atom stereocenters. The van der Waals surface area contributed by atoms with Gasteiger partial charge in [0, 0.05) is 6.42 Å². The summed E-state index contributed by atoms with van der Waals surface area (Å²) in [5.41, 5.74) is 1.10. The number of carboxylic acids is 1. The van der Waals surface area contributed by atoms with Crippen LogP contribution in [0.25, 0.3) is 0 Å². The van der Waals surface area contributed by atoms with E-state index in [1.807, 2.05) is 31.2 Å². The summed E-state index contributed by atoms with van der Waals surface area (Å²) >= 11 is 0. The number of rotatable bonds is 7. The van der Waals surface area contributed by atoms with E-state index in [4.69, 9.17) is 9.84 Å². The summed E-state index contributed by atoms with van der Waals surface area (Å²) in [6.07, 6.45) is 0.830. The maximum Gasteiger partial charge on any atom is 0.303 e. The Kier molecular flexibility index (Phi) is 5.69. The molecule has 18 heavy (non-hydrogen) atoms. The molecule has 0 amide bonds. The molecule has 1 aromatic rings. The molecule has 1 aromatic carbocycles. The molecule has 0 bridgehead atoms. The van der Waals surface area contributed by atoms with E-state index in [0.717, 1.165) is 11.3 Å². The molecule has 100 valence electrons. The molecule has 3 nitrogen and oxygen atoms in total. The fourth-order valence-electron chi connectivity index (χ4n) is 1.77. The lowest BCUT2D eigenvalue weighted by Crippen LogP contribution is -2.08. The molecule has 0 aliphatic carbocycles. The quantitative estimate of drug-likeness (QED) is 0.802. The SMILES string of the molecule is CC(C)COc1ccccc1C(C)CCC(=O)O. The summed E-state index contributed by atoms with van der Waals surface area (Å²) in [5.74, 6) is 0.809. The van der Waals surface area contributed by atoms with Crippen LogP contribution in [0, 0.1) is 5.92 Å². The summed E-state index contributed by atoms with van der Waals surface area (Å²) in [4.78, 5) is 10.6. The van der Waals surface area contributed by atoms with Crippen molar-refractivity contribution in [1.82, 2.24) is 0 Å². The first kappa shape index (κ1) is 14.6. The Morgan fingerprint density at radius 1 is 1.28 bits per heavy atom. The Balaban J connectivity index is 2.71. The van der Waals surface area contributed by atoms with Crippen molar-refractivity contribution in [3.63, 3.8) is 0 Å². The molecule has 1 atom stereocenters. The lowest BCUT2D eigenvalue weighted by atomic mass is 9.95. The van der Waals surface area contributed by atoms with Crippen LogP contribution in [-0.2, 0) is 4.79 Å². The smallest absolute Gasteiger partial charge is 0.303 e. The van der Waals surface area contributed by atoms with Crippen LogP contribution >= 0.6 is 0 Å². The molecule has 0 spiro atoms. The van der Waals surface area contributed by atoms with Crippen LogP contribution in [0.4, 0.5) is 0 Å². The third-order valence-electron chi connectivity index (χ3n) is 2.81. The molecule has 0 fully saturated rings. The van der Waals surface area contributed by atoms with Crippen LogP contribution in [0.2, 0.25) is 0 Å². The van der Waals surface area contributed by atoms with Crippen molar-refractivity contribution in [2.75, 3.05) is 6.61 Å². The van der Waals surface area contributed by atoms with E-state index >= 15 is 0 Å². The molecule has 0 aliphatic rings. The highest BCUT2D eigenvalue weighted by Gasteiger charge is 2.13. The number of para-hydroxylation sites is 1. The lowest BCUT2D eigenvalue weighted by molar-refractivity contribution is -0.137. The summed E-state index contributed by atoms with van der Waals surface area (Å²) in [5, 5.41) is 8.72. The molecule has 0 heterocycles. The number of hydrogen-bond donors (Lipinski definition) is 1. The Labute approximate surface area is 109 Å². The predicted molar refractivity (Wildman–Crippen MR) is 72.1 cm³/mol. The first-order valence-corrected chi connectivity index (χ1v) is 6.44. The van der Waals surface area contributed by atoms with Gasteiger partial charge in [-0.2, -0.15) is 0 Å². The normalized spacial score (nSPS) is 12.4. The highest BCUT2D eigenvalue weighted by atomic mass is 16.5. The number of aliphatic carboxylic acids is 1. The zero-order chi connectivity index (χ0) is 13.5. The summed E-state index contributed by atoms with van der Waals surface area (Å²) in [6.45, 7) is 6.94. The van der Waals surface area contributed by atoms with E-state index in [-0.39, 0.29) is 12.3 Å². The Hall–Kier alpha value is -1.51.